The summed E-state index contributed by atoms with van der Waals surface area (Å²) in [6, 6.07) is 0. The van der Waals surface area contributed by atoms with Crippen LogP contribution in [0.2, 0.25) is 0 Å². The van der Waals surface area contributed by atoms with Gasteiger partial charge in [0.25, 0.3) is 0 Å². The highest BCUT2D eigenvalue weighted by atomic mass is 32.2. The van der Waals surface area contributed by atoms with Crippen LogP contribution in [0.25, 0.3) is 0 Å². The lowest BCUT2D eigenvalue weighted by molar-refractivity contribution is 0.664. The van der Waals surface area contributed by atoms with Gasteiger partial charge in [-0.15, -0.1) is 11.8 Å². The molecule has 0 N–H and O–H groups in total. The predicted molar refractivity (Wildman–Crippen MR) is 42.1 cm³/mol. The smallest absolute Gasteiger partial charge is 0.0142 e. The zero-order chi connectivity index (χ0) is 6.41. The van der Waals surface area contributed by atoms with E-state index in [4.69, 9.17) is 0 Å². The monoisotopic (exact) mass is 130 g/mol. The van der Waals surface area contributed by atoms with Crippen LogP contribution in [0.1, 0.15) is 20.3 Å². The van der Waals surface area contributed by atoms with Gasteiger partial charge < -0.3 is 0 Å². The van der Waals surface area contributed by atoms with E-state index in [-0.39, 0.29) is 0 Å². The van der Waals surface area contributed by atoms with E-state index in [0.29, 0.717) is 0 Å². The Hall–Kier alpha value is 0.0900. The number of hydrogen-bond donors (Lipinski definition) is 0. The molecule has 0 nitrogen and oxygen atoms in total. The van der Waals surface area contributed by atoms with E-state index in [2.05, 4.69) is 31.6 Å². The summed E-state index contributed by atoms with van der Waals surface area (Å²) in [7, 11) is 0. The van der Waals surface area contributed by atoms with Gasteiger partial charge in [-0.2, -0.15) is 0 Å². The molecule has 0 atom stereocenters. The minimum atomic E-state index is 0.804. The Morgan fingerprint density at radius 2 is 2.12 bits per heavy atom. The van der Waals surface area contributed by atoms with Crippen molar-refractivity contribution in [3.63, 3.8) is 0 Å². The SMILES string of the molecule is CSC=CCC(C)C. The lowest BCUT2D eigenvalue weighted by Gasteiger charge is -1.94. The van der Waals surface area contributed by atoms with Gasteiger partial charge in [-0.3, -0.25) is 0 Å². The Morgan fingerprint density at radius 1 is 1.50 bits per heavy atom. The molecule has 0 aromatic carbocycles. The van der Waals surface area contributed by atoms with E-state index >= 15 is 0 Å². The molecular weight excluding hydrogens is 116 g/mol. The molecule has 0 spiro atoms. The van der Waals surface area contributed by atoms with Crippen LogP contribution in [0.4, 0.5) is 0 Å². The molecule has 1 heteroatoms. The van der Waals surface area contributed by atoms with Gasteiger partial charge in [0.1, 0.15) is 0 Å². The van der Waals surface area contributed by atoms with E-state index in [1.807, 2.05) is 0 Å². The normalized spacial score (nSPS) is 11.5. The molecule has 48 valence electrons. The molecule has 0 aliphatic heterocycles. The van der Waals surface area contributed by atoms with Gasteiger partial charge in [0.2, 0.25) is 0 Å². The zero-order valence-corrected chi connectivity index (χ0v) is 6.66. The van der Waals surface area contributed by atoms with Gasteiger partial charge in [-0.05, 0) is 24.0 Å². The first-order valence-corrected chi connectivity index (χ1v) is 4.24. The van der Waals surface area contributed by atoms with Gasteiger partial charge in [0.15, 0.2) is 0 Å². The van der Waals surface area contributed by atoms with Crippen LogP contribution in [0.15, 0.2) is 11.5 Å². The Morgan fingerprint density at radius 3 is 2.50 bits per heavy atom. The van der Waals surface area contributed by atoms with Gasteiger partial charge in [0.05, 0.1) is 0 Å². The first kappa shape index (κ1) is 8.09. The minimum Gasteiger partial charge on any atom is -0.138 e. The fraction of sp³-hybridized carbons (Fsp3) is 0.714. The second kappa shape index (κ2) is 5.23. The van der Waals surface area contributed by atoms with Crippen molar-refractivity contribution in [2.45, 2.75) is 20.3 Å². The summed E-state index contributed by atoms with van der Waals surface area (Å²) in [6.07, 6.45) is 5.51. The van der Waals surface area contributed by atoms with Gasteiger partial charge in [-0.25, -0.2) is 0 Å². The van der Waals surface area contributed by atoms with Crippen LogP contribution in [0.3, 0.4) is 0 Å². The summed E-state index contributed by atoms with van der Waals surface area (Å²) in [5.41, 5.74) is 0. The van der Waals surface area contributed by atoms with Crippen molar-refractivity contribution >= 4 is 11.8 Å². The number of rotatable bonds is 3. The molecule has 8 heavy (non-hydrogen) atoms. The van der Waals surface area contributed by atoms with E-state index in [1.54, 1.807) is 11.8 Å². The Labute approximate surface area is 56.4 Å². The maximum Gasteiger partial charge on any atom is -0.0142 e. The van der Waals surface area contributed by atoms with E-state index in [9.17, 15) is 0 Å². The van der Waals surface area contributed by atoms with Crippen LogP contribution in [-0.4, -0.2) is 6.26 Å². The largest absolute Gasteiger partial charge is 0.138 e. The molecule has 0 aromatic rings. The van der Waals surface area contributed by atoms with E-state index < -0.39 is 0 Å². The molecule has 0 saturated carbocycles. The second-order valence-corrected chi connectivity index (χ2v) is 2.98. The highest BCUT2D eigenvalue weighted by Crippen LogP contribution is 2.02. The van der Waals surface area contributed by atoms with Crippen molar-refractivity contribution in [3.05, 3.63) is 11.5 Å². The van der Waals surface area contributed by atoms with Crippen molar-refractivity contribution in [1.82, 2.24) is 0 Å². The number of hydrogen-bond acceptors (Lipinski definition) is 1. The van der Waals surface area contributed by atoms with E-state index in [1.165, 1.54) is 6.42 Å². The Balaban J connectivity index is 3.03. The maximum atomic E-state index is 2.23. The fourth-order valence-corrected chi connectivity index (χ4v) is 0.728. The highest BCUT2D eigenvalue weighted by molar-refractivity contribution is 8.01. The van der Waals surface area contributed by atoms with Gasteiger partial charge in [0, 0.05) is 0 Å². The third-order valence-corrected chi connectivity index (χ3v) is 1.30. The molecule has 0 amide bonds. The van der Waals surface area contributed by atoms with Crippen LogP contribution in [-0.2, 0) is 0 Å². The molecule has 0 fully saturated rings. The topological polar surface area (TPSA) is 0 Å². The van der Waals surface area contributed by atoms with Gasteiger partial charge >= 0.3 is 0 Å². The molecular formula is C7H14S. The van der Waals surface area contributed by atoms with Crippen molar-refractivity contribution < 1.29 is 0 Å². The average Bonchev–Trinajstić information content (AvgIpc) is 1.66. The molecule has 0 aliphatic rings. The van der Waals surface area contributed by atoms with Crippen molar-refractivity contribution in [3.8, 4) is 0 Å². The van der Waals surface area contributed by atoms with Crippen LogP contribution in [0.5, 0.6) is 0 Å². The maximum absolute atomic E-state index is 2.23. The summed E-state index contributed by atoms with van der Waals surface area (Å²) in [6.45, 7) is 4.45. The first-order chi connectivity index (χ1) is 3.77. The lowest BCUT2D eigenvalue weighted by atomic mass is 10.1. The fourth-order valence-electron chi connectivity index (χ4n) is 0.424. The summed E-state index contributed by atoms with van der Waals surface area (Å²) in [5.74, 6) is 0.804. The predicted octanol–water partition coefficient (Wildman–Crippen LogP) is 2.91. The second-order valence-electron chi connectivity index (χ2n) is 2.24. The highest BCUT2D eigenvalue weighted by Gasteiger charge is 1.84. The first-order valence-electron chi connectivity index (χ1n) is 2.95. The van der Waals surface area contributed by atoms with Crippen LogP contribution < -0.4 is 0 Å². The molecule has 0 heterocycles. The summed E-state index contributed by atoms with van der Waals surface area (Å²) < 4.78 is 0. The third kappa shape index (κ3) is 6.09. The lowest BCUT2D eigenvalue weighted by Crippen LogP contribution is -1.79. The van der Waals surface area contributed by atoms with Crippen molar-refractivity contribution in [2.75, 3.05) is 6.26 Å². The van der Waals surface area contributed by atoms with E-state index in [0.717, 1.165) is 5.92 Å². The van der Waals surface area contributed by atoms with Gasteiger partial charge in [-0.1, -0.05) is 19.9 Å². The molecule has 0 rings (SSSR count). The standard InChI is InChI=1S/C7H14S/c1-7(2)5-4-6-8-3/h4,6-7H,5H2,1-3H3. The Kier molecular flexibility index (Phi) is 5.29. The number of thioether (sulfide) groups is 1. The summed E-state index contributed by atoms with van der Waals surface area (Å²) in [4.78, 5) is 0. The molecule has 0 aliphatic carbocycles. The molecule has 0 radical (unpaired) electrons. The average molecular weight is 130 g/mol. The Bertz CT molecular complexity index is 64.8. The third-order valence-electron chi connectivity index (χ3n) is 0.840. The molecule has 0 aromatic heterocycles. The minimum absolute atomic E-state index is 0.804. The molecule has 0 saturated heterocycles. The molecule has 0 unspecified atom stereocenters. The zero-order valence-electron chi connectivity index (χ0n) is 5.85. The summed E-state index contributed by atoms with van der Waals surface area (Å²) in [5, 5.41) is 2.14. The van der Waals surface area contributed by atoms with Crippen LogP contribution >= 0.6 is 11.8 Å². The molecule has 0 bridgehead atoms. The quantitative estimate of drug-likeness (QED) is 0.566. The van der Waals surface area contributed by atoms with Crippen LogP contribution in [0, 0.1) is 5.92 Å². The van der Waals surface area contributed by atoms with Crippen molar-refractivity contribution in [2.24, 2.45) is 5.92 Å². The summed E-state index contributed by atoms with van der Waals surface area (Å²) >= 11 is 1.76. The number of allylic oxidation sites excluding steroid dienone is 1. The van der Waals surface area contributed by atoms with Crippen molar-refractivity contribution in [1.29, 1.82) is 0 Å².